The van der Waals surface area contributed by atoms with Crippen LogP contribution in [0.1, 0.15) is 16.1 Å². The number of nitrogen functional groups attached to an aromatic ring is 1. The van der Waals surface area contributed by atoms with Gasteiger partial charge in [-0.05, 0) is 34.5 Å². The van der Waals surface area contributed by atoms with E-state index in [-0.39, 0.29) is 11.6 Å². The summed E-state index contributed by atoms with van der Waals surface area (Å²) in [6.07, 6.45) is 3.01. The van der Waals surface area contributed by atoms with Gasteiger partial charge in [0.1, 0.15) is 11.5 Å². The van der Waals surface area contributed by atoms with E-state index in [1.807, 2.05) is 6.92 Å². The van der Waals surface area contributed by atoms with Crippen LogP contribution in [0.5, 0.6) is 0 Å². The average molecular weight is 296 g/mol. The number of nitrogens with one attached hydrogen (secondary N) is 2. The van der Waals surface area contributed by atoms with Gasteiger partial charge in [-0.2, -0.15) is 5.10 Å². The zero-order chi connectivity index (χ0) is 12.4. The lowest BCUT2D eigenvalue weighted by Crippen LogP contribution is -2.15. The molecule has 0 aliphatic heterocycles. The van der Waals surface area contributed by atoms with Crippen LogP contribution in [0, 0.1) is 6.92 Å². The first kappa shape index (κ1) is 11.6. The highest BCUT2D eigenvalue weighted by Crippen LogP contribution is 2.18. The summed E-state index contributed by atoms with van der Waals surface area (Å²) in [4.78, 5) is 15.8. The Morgan fingerprint density at radius 3 is 2.88 bits per heavy atom. The third kappa shape index (κ3) is 2.44. The van der Waals surface area contributed by atoms with Gasteiger partial charge >= 0.3 is 0 Å². The van der Waals surface area contributed by atoms with Crippen molar-refractivity contribution >= 4 is 33.3 Å². The third-order valence-corrected chi connectivity index (χ3v) is 3.01. The SMILES string of the molecule is Cc1cc(NC(=O)c2[nH]ncc2N)ncc1Br. The van der Waals surface area contributed by atoms with Crippen molar-refractivity contribution in [3.63, 3.8) is 0 Å². The molecular formula is C10H10BrN5O. The van der Waals surface area contributed by atoms with E-state index < -0.39 is 0 Å². The highest BCUT2D eigenvalue weighted by Gasteiger charge is 2.12. The van der Waals surface area contributed by atoms with Crippen molar-refractivity contribution < 1.29 is 4.79 Å². The van der Waals surface area contributed by atoms with Crippen molar-refractivity contribution in [1.29, 1.82) is 0 Å². The van der Waals surface area contributed by atoms with E-state index in [9.17, 15) is 4.79 Å². The van der Waals surface area contributed by atoms with Crippen LogP contribution in [0.3, 0.4) is 0 Å². The second-order valence-electron chi connectivity index (χ2n) is 3.47. The maximum absolute atomic E-state index is 11.8. The van der Waals surface area contributed by atoms with Crippen LogP contribution < -0.4 is 11.1 Å². The highest BCUT2D eigenvalue weighted by molar-refractivity contribution is 9.10. The lowest BCUT2D eigenvalue weighted by atomic mass is 10.3. The number of nitrogens with zero attached hydrogens (tertiary/aromatic N) is 2. The molecular weight excluding hydrogens is 286 g/mol. The number of halogens is 1. The van der Waals surface area contributed by atoms with Gasteiger partial charge in [0.2, 0.25) is 0 Å². The maximum Gasteiger partial charge on any atom is 0.276 e. The molecule has 4 N–H and O–H groups in total. The fourth-order valence-electron chi connectivity index (χ4n) is 1.26. The number of aryl methyl sites for hydroxylation is 1. The number of anilines is 2. The maximum atomic E-state index is 11.8. The van der Waals surface area contributed by atoms with Crippen molar-refractivity contribution in [3.8, 4) is 0 Å². The van der Waals surface area contributed by atoms with Gasteiger partial charge < -0.3 is 11.1 Å². The van der Waals surface area contributed by atoms with Crippen molar-refractivity contribution in [2.45, 2.75) is 6.92 Å². The number of H-pyrrole nitrogens is 1. The molecule has 0 saturated heterocycles. The van der Waals surface area contributed by atoms with Crippen LogP contribution in [-0.4, -0.2) is 21.1 Å². The molecule has 2 heterocycles. The molecule has 0 aliphatic carbocycles. The molecule has 2 aromatic heterocycles. The number of rotatable bonds is 2. The Bertz CT molecular complexity index is 566. The molecule has 0 spiro atoms. The van der Waals surface area contributed by atoms with E-state index in [0.29, 0.717) is 11.5 Å². The molecule has 1 amide bonds. The van der Waals surface area contributed by atoms with Gasteiger partial charge in [0.25, 0.3) is 5.91 Å². The summed E-state index contributed by atoms with van der Waals surface area (Å²) >= 11 is 3.33. The zero-order valence-electron chi connectivity index (χ0n) is 8.99. The summed E-state index contributed by atoms with van der Waals surface area (Å²) in [6.45, 7) is 1.91. The van der Waals surface area contributed by atoms with Crippen LogP contribution in [0.4, 0.5) is 11.5 Å². The Hall–Kier alpha value is -1.89. The minimum Gasteiger partial charge on any atom is -0.396 e. The van der Waals surface area contributed by atoms with Gasteiger partial charge in [0.15, 0.2) is 0 Å². The molecule has 0 fully saturated rings. The molecule has 6 nitrogen and oxygen atoms in total. The number of hydrogen-bond acceptors (Lipinski definition) is 4. The highest BCUT2D eigenvalue weighted by atomic mass is 79.9. The second kappa shape index (κ2) is 4.54. The van der Waals surface area contributed by atoms with Crippen molar-refractivity contribution in [2.24, 2.45) is 0 Å². The zero-order valence-corrected chi connectivity index (χ0v) is 10.6. The number of amides is 1. The third-order valence-electron chi connectivity index (χ3n) is 2.18. The van der Waals surface area contributed by atoms with Gasteiger partial charge in [-0.1, -0.05) is 0 Å². The van der Waals surface area contributed by atoms with Crippen LogP contribution in [0.2, 0.25) is 0 Å². The number of carbonyl (C=O) groups excluding carboxylic acids is 1. The fraction of sp³-hybridized carbons (Fsp3) is 0.100. The van der Waals surface area contributed by atoms with Gasteiger partial charge in [0.05, 0.1) is 11.9 Å². The molecule has 0 saturated carbocycles. The predicted molar refractivity (Wildman–Crippen MR) is 67.6 cm³/mol. The Morgan fingerprint density at radius 1 is 1.53 bits per heavy atom. The summed E-state index contributed by atoms with van der Waals surface area (Å²) < 4.78 is 0.886. The smallest absolute Gasteiger partial charge is 0.276 e. The monoisotopic (exact) mass is 295 g/mol. The van der Waals surface area contributed by atoms with Crippen molar-refractivity contribution in [1.82, 2.24) is 15.2 Å². The Kier molecular flexibility index (Phi) is 3.10. The topological polar surface area (TPSA) is 96.7 Å². The normalized spacial score (nSPS) is 10.2. The summed E-state index contributed by atoms with van der Waals surface area (Å²) in [6, 6.07) is 1.76. The van der Waals surface area contributed by atoms with Gasteiger partial charge in [-0.25, -0.2) is 4.98 Å². The molecule has 2 aromatic rings. The lowest BCUT2D eigenvalue weighted by Gasteiger charge is -2.05. The number of aromatic amines is 1. The number of hydrogen-bond donors (Lipinski definition) is 3. The summed E-state index contributed by atoms with van der Waals surface area (Å²) in [5.41, 5.74) is 7.08. The number of carbonyl (C=O) groups is 1. The van der Waals surface area contributed by atoms with Gasteiger partial charge in [-0.3, -0.25) is 9.89 Å². The molecule has 0 aromatic carbocycles. The number of pyridine rings is 1. The van der Waals surface area contributed by atoms with E-state index in [4.69, 9.17) is 5.73 Å². The summed E-state index contributed by atoms with van der Waals surface area (Å²) in [7, 11) is 0. The van der Waals surface area contributed by atoms with E-state index in [1.54, 1.807) is 12.3 Å². The largest absolute Gasteiger partial charge is 0.396 e. The van der Waals surface area contributed by atoms with Crippen LogP contribution >= 0.6 is 15.9 Å². The molecule has 7 heteroatoms. The van der Waals surface area contributed by atoms with Crippen LogP contribution in [0.25, 0.3) is 0 Å². The molecule has 2 rings (SSSR count). The van der Waals surface area contributed by atoms with E-state index in [2.05, 4.69) is 36.4 Å². The first-order chi connectivity index (χ1) is 8.08. The van der Waals surface area contributed by atoms with E-state index in [1.165, 1.54) is 6.20 Å². The van der Waals surface area contributed by atoms with Crippen LogP contribution in [-0.2, 0) is 0 Å². The minimum absolute atomic E-state index is 0.229. The molecule has 17 heavy (non-hydrogen) atoms. The second-order valence-corrected chi connectivity index (χ2v) is 4.33. The molecule has 0 bridgehead atoms. The van der Waals surface area contributed by atoms with Gasteiger partial charge in [0, 0.05) is 10.7 Å². The molecule has 88 valence electrons. The summed E-state index contributed by atoms with van der Waals surface area (Å²) in [5, 5.41) is 8.84. The predicted octanol–water partition coefficient (Wildman–Crippen LogP) is 1.71. The van der Waals surface area contributed by atoms with E-state index in [0.717, 1.165) is 10.0 Å². The van der Waals surface area contributed by atoms with Gasteiger partial charge in [-0.15, -0.1) is 0 Å². The first-order valence-electron chi connectivity index (χ1n) is 4.80. The standard InChI is InChI=1S/C10H10BrN5O/c1-5-2-8(13-3-6(5)11)15-10(17)9-7(12)4-14-16-9/h2-4H,12H2,1H3,(H,14,16)(H,13,15,17). The lowest BCUT2D eigenvalue weighted by molar-refractivity contribution is 0.102. The Balaban J connectivity index is 2.19. The molecule has 0 radical (unpaired) electrons. The molecule has 0 unspecified atom stereocenters. The summed E-state index contributed by atoms with van der Waals surface area (Å²) in [5.74, 6) is 0.0962. The fourth-order valence-corrected chi connectivity index (χ4v) is 1.48. The number of nitrogens with two attached hydrogens (primary N) is 1. The first-order valence-corrected chi connectivity index (χ1v) is 5.59. The van der Waals surface area contributed by atoms with Crippen molar-refractivity contribution in [3.05, 3.63) is 34.2 Å². The Morgan fingerprint density at radius 2 is 2.29 bits per heavy atom. The quantitative estimate of drug-likeness (QED) is 0.786. The van der Waals surface area contributed by atoms with E-state index >= 15 is 0 Å². The molecule has 0 aliphatic rings. The average Bonchev–Trinajstić information content (AvgIpc) is 2.70. The minimum atomic E-state index is -0.366. The number of aromatic nitrogens is 3. The Labute approximate surface area is 106 Å². The molecule has 0 atom stereocenters. The van der Waals surface area contributed by atoms with Crippen LogP contribution in [0.15, 0.2) is 22.9 Å². The van der Waals surface area contributed by atoms with Crippen molar-refractivity contribution in [2.75, 3.05) is 11.1 Å².